The van der Waals surface area contributed by atoms with E-state index in [2.05, 4.69) is 37.5 Å². The molecule has 0 saturated heterocycles. The van der Waals surface area contributed by atoms with E-state index in [-0.39, 0.29) is 5.41 Å². The van der Waals surface area contributed by atoms with Crippen LogP contribution in [0.4, 0.5) is 0 Å². The highest BCUT2D eigenvalue weighted by atomic mass is 16.3. The monoisotopic (exact) mass is 446 g/mol. The van der Waals surface area contributed by atoms with E-state index >= 15 is 0 Å². The van der Waals surface area contributed by atoms with Crippen LogP contribution in [0.25, 0.3) is 0 Å². The van der Waals surface area contributed by atoms with Gasteiger partial charge in [-0.25, -0.2) is 0 Å². The maximum atomic E-state index is 10.3. The third-order valence-electron chi connectivity index (χ3n) is 8.19. The second-order valence-electron chi connectivity index (χ2n) is 11.0. The first kappa shape index (κ1) is 24.0. The van der Waals surface area contributed by atoms with Gasteiger partial charge in [0.15, 0.2) is 0 Å². The van der Waals surface area contributed by atoms with E-state index in [9.17, 15) is 15.3 Å². The van der Waals surface area contributed by atoms with E-state index in [1.807, 2.05) is 24.3 Å². The fourth-order valence-electron chi connectivity index (χ4n) is 6.09. The molecule has 5 unspecified atom stereocenters. The van der Waals surface area contributed by atoms with Crippen LogP contribution >= 0.6 is 0 Å². The lowest BCUT2D eigenvalue weighted by Crippen LogP contribution is -2.32. The molecular weight excluding hydrogens is 408 g/mol. The molecule has 4 rings (SSSR count). The molecule has 3 heteroatoms. The summed E-state index contributed by atoms with van der Waals surface area (Å²) in [7, 11) is 0. The van der Waals surface area contributed by atoms with Crippen LogP contribution in [-0.4, -0.2) is 27.5 Å². The van der Waals surface area contributed by atoms with Gasteiger partial charge in [-0.1, -0.05) is 55.2 Å². The molecule has 1 aromatic rings. The SMILES string of the molecule is C=C1/C(=C\C=C2/CCCC3(C)C(C#Cc4cccc(C(C)(C)O)c4)CCC23)CC(O)CC1O. The van der Waals surface area contributed by atoms with Crippen molar-refractivity contribution >= 4 is 0 Å². The predicted octanol–water partition coefficient (Wildman–Crippen LogP) is 5.41. The molecule has 0 heterocycles. The normalized spacial score (nSPS) is 34.8. The van der Waals surface area contributed by atoms with Crippen LogP contribution in [0.5, 0.6) is 0 Å². The Labute approximate surface area is 198 Å². The number of aliphatic hydroxyl groups excluding tert-OH is 2. The molecule has 5 atom stereocenters. The van der Waals surface area contributed by atoms with Crippen LogP contribution in [0.3, 0.4) is 0 Å². The summed E-state index contributed by atoms with van der Waals surface area (Å²) in [6, 6.07) is 7.94. The zero-order chi connectivity index (χ0) is 23.8. The number of fused-ring (bicyclic) bond motifs is 1. The molecule has 33 heavy (non-hydrogen) atoms. The van der Waals surface area contributed by atoms with Gasteiger partial charge in [0.2, 0.25) is 0 Å². The van der Waals surface area contributed by atoms with Crippen LogP contribution in [0, 0.1) is 29.1 Å². The number of rotatable bonds is 2. The van der Waals surface area contributed by atoms with Gasteiger partial charge in [-0.05, 0) is 92.5 Å². The number of benzene rings is 1. The lowest BCUT2D eigenvalue weighted by Gasteiger charge is -2.40. The van der Waals surface area contributed by atoms with Crippen LogP contribution in [0.15, 0.2) is 59.7 Å². The Balaban J connectivity index is 1.54. The average molecular weight is 447 g/mol. The van der Waals surface area contributed by atoms with Crippen LogP contribution in [0.2, 0.25) is 0 Å². The molecule has 0 amide bonds. The minimum absolute atomic E-state index is 0.173. The maximum absolute atomic E-state index is 10.3. The summed E-state index contributed by atoms with van der Waals surface area (Å²) in [6.07, 6.45) is 9.88. The van der Waals surface area contributed by atoms with E-state index in [1.165, 1.54) is 18.4 Å². The van der Waals surface area contributed by atoms with Crippen molar-refractivity contribution in [3.8, 4) is 11.8 Å². The molecule has 3 fully saturated rings. The number of hydrogen-bond acceptors (Lipinski definition) is 3. The summed E-state index contributed by atoms with van der Waals surface area (Å²) >= 11 is 0. The Bertz CT molecular complexity index is 1030. The maximum Gasteiger partial charge on any atom is 0.0840 e. The van der Waals surface area contributed by atoms with Gasteiger partial charge in [0.05, 0.1) is 17.8 Å². The topological polar surface area (TPSA) is 60.7 Å². The molecule has 0 radical (unpaired) electrons. The Kier molecular flexibility index (Phi) is 6.74. The van der Waals surface area contributed by atoms with Gasteiger partial charge in [-0.15, -0.1) is 0 Å². The highest BCUT2D eigenvalue weighted by molar-refractivity contribution is 5.41. The van der Waals surface area contributed by atoms with Crippen LogP contribution in [-0.2, 0) is 5.60 Å². The zero-order valence-electron chi connectivity index (χ0n) is 20.3. The van der Waals surface area contributed by atoms with Crippen molar-refractivity contribution in [1.82, 2.24) is 0 Å². The smallest absolute Gasteiger partial charge is 0.0840 e. The average Bonchev–Trinajstić information content (AvgIpc) is 3.10. The lowest BCUT2D eigenvalue weighted by atomic mass is 9.63. The molecule has 0 aromatic heterocycles. The zero-order valence-corrected chi connectivity index (χ0v) is 20.3. The fraction of sp³-hybridized carbons (Fsp3) is 0.533. The minimum atomic E-state index is -0.866. The van der Waals surface area contributed by atoms with Gasteiger partial charge in [0, 0.05) is 17.9 Å². The molecule has 0 bridgehead atoms. The standard InChI is InChI=1S/C30H38O3/c1-20-23(18-26(31)19-28(20)32)12-11-22-8-6-16-30(4)24(14-15-27(22)30)13-10-21-7-5-9-25(17-21)29(2,3)33/h5,7,9,11-12,17,24,26-28,31-33H,1,6,8,14-16,18-19H2,2-4H3/b22-11+,23-12-. The first-order valence-electron chi connectivity index (χ1n) is 12.4. The largest absolute Gasteiger partial charge is 0.393 e. The van der Waals surface area contributed by atoms with Gasteiger partial charge < -0.3 is 15.3 Å². The van der Waals surface area contributed by atoms with E-state index in [0.29, 0.717) is 24.7 Å². The molecule has 0 spiro atoms. The predicted molar refractivity (Wildman–Crippen MR) is 133 cm³/mol. The molecule has 0 aliphatic heterocycles. The molecular formula is C30H38O3. The first-order valence-corrected chi connectivity index (χ1v) is 12.4. The molecule has 3 N–H and O–H groups in total. The first-order chi connectivity index (χ1) is 15.6. The Morgan fingerprint density at radius 2 is 1.97 bits per heavy atom. The second kappa shape index (κ2) is 9.26. The Hall–Kier alpha value is -2.12. The Morgan fingerprint density at radius 1 is 1.18 bits per heavy atom. The second-order valence-corrected chi connectivity index (χ2v) is 11.0. The van der Waals surface area contributed by atoms with E-state index in [1.54, 1.807) is 13.8 Å². The number of allylic oxidation sites excluding steroid dienone is 3. The van der Waals surface area contributed by atoms with Gasteiger partial charge >= 0.3 is 0 Å². The third-order valence-corrected chi connectivity index (χ3v) is 8.19. The molecule has 3 aliphatic carbocycles. The van der Waals surface area contributed by atoms with E-state index in [0.717, 1.165) is 41.5 Å². The van der Waals surface area contributed by atoms with Gasteiger partial charge in [0.25, 0.3) is 0 Å². The summed E-state index contributed by atoms with van der Waals surface area (Å²) < 4.78 is 0. The highest BCUT2D eigenvalue weighted by Crippen LogP contribution is 2.57. The lowest BCUT2D eigenvalue weighted by molar-refractivity contribution is 0.0785. The number of aliphatic hydroxyl groups is 3. The third kappa shape index (κ3) is 5.04. The molecule has 176 valence electrons. The molecule has 3 saturated carbocycles. The van der Waals surface area contributed by atoms with Crippen molar-refractivity contribution in [2.45, 2.75) is 83.5 Å². The van der Waals surface area contributed by atoms with Gasteiger partial charge in [-0.3, -0.25) is 0 Å². The summed E-state index contributed by atoms with van der Waals surface area (Å²) in [5, 5.41) is 30.5. The van der Waals surface area contributed by atoms with Gasteiger partial charge in [0.1, 0.15) is 0 Å². The van der Waals surface area contributed by atoms with Crippen LogP contribution in [0.1, 0.15) is 76.8 Å². The summed E-state index contributed by atoms with van der Waals surface area (Å²) in [6.45, 7) is 10.1. The van der Waals surface area contributed by atoms with Gasteiger partial charge in [-0.2, -0.15) is 0 Å². The van der Waals surface area contributed by atoms with E-state index in [4.69, 9.17) is 0 Å². The molecule has 1 aromatic carbocycles. The Morgan fingerprint density at radius 3 is 2.73 bits per heavy atom. The van der Waals surface area contributed by atoms with Crippen molar-refractivity contribution in [1.29, 1.82) is 0 Å². The fourth-order valence-corrected chi connectivity index (χ4v) is 6.09. The van der Waals surface area contributed by atoms with Crippen molar-refractivity contribution in [2.24, 2.45) is 17.3 Å². The van der Waals surface area contributed by atoms with E-state index < -0.39 is 17.8 Å². The molecule has 3 nitrogen and oxygen atoms in total. The number of hydrogen-bond donors (Lipinski definition) is 3. The highest BCUT2D eigenvalue weighted by Gasteiger charge is 2.48. The van der Waals surface area contributed by atoms with Crippen molar-refractivity contribution in [3.63, 3.8) is 0 Å². The quantitative estimate of drug-likeness (QED) is 0.533. The molecule has 3 aliphatic rings. The summed E-state index contributed by atoms with van der Waals surface area (Å²) in [5.74, 6) is 7.90. The van der Waals surface area contributed by atoms with Crippen molar-refractivity contribution in [3.05, 3.63) is 70.8 Å². The minimum Gasteiger partial charge on any atom is -0.393 e. The van der Waals surface area contributed by atoms with Crippen molar-refractivity contribution < 1.29 is 15.3 Å². The summed E-state index contributed by atoms with van der Waals surface area (Å²) in [5.41, 5.74) is 4.36. The van der Waals surface area contributed by atoms with Crippen LogP contribution < -0.4 is 0 Å². The summed E-state index contributed by atoms with van der Waals surface area (Å²) in [4.78, 5) is 0. The van der Waals surface area contributed by atoms with Crippen molar-refractivity contribution in [2.75, 3.05) is 0 Å².